The molecule has 2 heterocycles. The molecule has 0 aliphatic heterocycles. The van der Waals surface area contributed by atoms with Crippen LogP contribution in [-0.2, 0) is 17.9 Å². The summed E-state index contributed by atoms with van der Waals surface area (Å²) in [6.45, 7) is 4.38. The predicted octanol–water partition coefficient (Wildman–Crippen LogP) is 2.66. The number of hydrogen-bond donors (Lipinski definition) is 1. The Morgan fingerprint density at radius 1 is 1.15 bits per heavy atom. The number of carbonyl (C=O) groups excluding carboxylic acids is 1. The van der Waals surface area contributed by atoms with Crippen LogP contribution in [0.1, 0.15) is 5.56 Å². The molecule has 0 saturated carbocycles. The number of nitrogens with zero attached hydrogens (tertiary/aromatic N) is 4. The largest absolute Gasteiger partial charge is 0.493 e. The number of para-hydroxylation sites is 1. The molecule has 0 aliphatic rings. The van der Waals surface area contributed by atoms with Gasteiger partial charge in [0.1, 0.15) is 0 Å². The Morgan fingerprint density at radius 3 is 2.70 bits per heavy atom. The third kappa shape index (κ3) is 4.42. The van der Waals surface area contributed by atoms with Gasteiger partial charge >= 0.3 is 0 Å². The van der Waals surface area contributed by atoms with Crippen LogP contribution >= 0.6 is 11.8 Å². The number of fused-ring (bicyclic) bond motifs is 3. The monoisotopic (exact) mass is 465 g/mol. The van der Waals surface area contributed by atoms with Gasteiger partial charge in [-0.3, -0.25) is 18.6 Å². The van der Waals surface area contributed by atoms with Crippen molar-refractivity contribution in [2.45, 2.75) is 18.2 Å². The summed E-state index contributed by atoms with van der Waals surface area (Å²) in [6, 6.07) is 12.8. The number of thioether (sulfide) groups is 1. The van der Waals surface area contributed by atoms with Gasteiger partial charge in [0.05, 0.1) is 30.9 Å². The zero-order chi connectivity index (χ0) is 23.4. The van der Waals surface area contributed by atoms with Crippen LogP contribution in [0.25, 0.3) is 16.7 Å². The number of rotatable bonds is 9. The fourth-order valence-corrected chi connectivity index (χ4v) is 4.26. The third-order valence-corrected chi connectivity index (χ3v) is 5.99. The zero-order valence-corrected chi connectivity index (χ0v) is 19.1. The van der Waals surface area contributed by atoms with Crippen molar-refractivity contribution in [1.82, 2.24) is 24.5 Å². The first-order chi connectivity index (χ1) is 16.1. The van der Waals surface area contributed by atoms with E-state index in [2.05, 4.69) is 22.1 Å². The standard InChI is InChI=1S/C23H23N5O4S/c1-4-11-27-21(30)16-7-5-6-8-17(16)28-22(27)25-26-23(28)33-14-20(29)24-13-15-9-10-18(31-2)19(12-15)32-3/h4-10,12H,1,11,13-14H2,2-3H3,(H,24,29). The fourth-order valence-electron chi connectivity index (χ4n) is 3.49. The number of amides is 1. The summed E-state index contributed by atoms with van der Waals surface area (Å²) in [5.74, 6) is 1.63. The minimum Gasteiger partial charge on any atom is -0.493 e. The number of methoxy groups -OCH3 is 2. The number of benzene rings is 2. The second-order valence-corrected chi connectivity index (χ2v) is 8.04. The van der Waals surface area contributed by atoms with E-state index in [1.54, 1.807) is 36.8 Å². The summed E-state index contributed by atoms with van der Waals surface area (Å²) in [5.41, 5.74) is 1.42. The smallest absolute Gasteiger partial charge is 0.263 e. The van der Waals surface area contributed by atoms with Crippen molar-refractivity contribution in [1.29, 1.82) is 0 Å². The molecule has 0 unspecified atom stereocenters. The summed E-state index contributed by atoms with van der Waals surface area (Å²) in [7, 11) is 3.14. The molecule has 10 heteroatoms. The number of ether oxygens (including phenoxy) is 2. The van der Waals surface area contributed by atoms with Crippen LogP contribution in [0.2, 0.25) is 0 Å². The molecular formula is C23H23N5O4S. The molecule has 0 atom stereocenters. The summed E-state index contributed by atoms with van der Waals surface area (Å²) in [6.07, 6.45) is 1.64. The first-order valence-corrected chi connectivity index (χ1v) is 11.1. The van der Waals surface area contributed by atoms with Gasteiger partial charge in [-0.05, 0) is 29.8 Å². The van der Waals surface area contributed by atoms with Crippen molar-refractivity contribution in [2.24, 2.45) is 0 Å². The van der Waals surface area contributed by atoms with Gasteiger partial charge in [-0.1, -0.05) is 36.0 Å². The highest BCUT2D eigenvalue weighted by Crippen LogP contribution is 2.27. The van der Waals surface area contributed by atoms with Crippen molar-refractivity contribution in [3.8, 4) is 11.5 Å². The molecule has 170 valence electrons. The molecule has 2 aromatic carbocycles. The fraction of sp³-hybridized carbons (Fsp3) is 0.217. The molecule has 0 spiro atoms. The van der Waals surface area contributed by atoms with Gasteiger partial charge < -0.3 is 14.8 Å². The molecule has 33 heavy (non-hydrogen) atoms. The molecule has 1 N–H and O–H groups in total. The van der Waals surface area contributed by atoms with E-state index in [1.165, 1.54) is 16.3 Å². The summed E-state index contributed by atoms with van der Waals surface area (Å²) in [5, 5.41) is 12.4. The predicted molar refractivity (Wildman–Crippen MR) is 127 cm³/mol. The average molecular weight is 466 g/mol. The van der Waals surface area contributed by atoms with Gasteiger partial charge in [-0.25, -0.2) is 0 Å². The Balaban J connectivity index is 1.52. The quantitative estimate of drug-likeness (QED) is 0.300. The lowest BCUT2D eigenvalue weighted by Crippen LogP contribution is -2.25. The Labute approximate surface area is 194 Å². The summed E-state index contributed by atoms with van der Waals surface area (Å²) < 4.78 is 13.9. The van der Waals surface area contributed by atoms with Crippen LogP contribution in [0.4, 0.5) is 0 Å². The first-order valence-electron chi connectivity index (χ1n) is 10.1. The maximum absolute atomic E-state index is 12.9. The minimum atomic E-state index is -0.158. The van der Waals surface area contributed by atoms with Crippen LogP contribution < -0.4 is 20.3 Å². The van der Waals surface area contributed by atoms with Crippen LogP contribution in [0, 0.1) is 0 Å². The van der Waals surface area contributed by atoms with Crippen molar-refractivity contribution in [3.63, 3.8) is 0 Å². The van der Waals surface area contributed by atoms with Crippen molar-refractivity contribution < 1.29 is 14.3 Å². The van der Waals surface area contributed by atoms with E-state index in [4.69, 9.17) is 9.47 Å². The highest BCUT2D eigenvalue weighted by Gasteiger charge is 2.17. The molecule has 0 saturated heterocycles. The molecule has 4 aromatic rings. The van der Waals surface area contributed by atoms with Crippen LogP contribution in [-0.4, -0.2) is 45.0 Å². The summed E-state index contributed by atoms with van der Waals surface area (Å²) in [4.78, 5) is 25.4. The average Bonchev–Trinajstić information content (AvgIpc) is 3.27. The molecule has 9 nitrogen and oxygen atoms in total. The van der Waals surface area contributed by atoms with Crippen LogP contribution in [0.3, 0.4) is 0 Å². The van der Waals surface area contributed by atoms with Gasteiger partial charge in [0, 0.05) is 13.1 Å². The van der Waals surface area contributed by atoms with Crippen LogP contribution in [0.5, 0.6) is 11.5 Å². The second-order valence-electron chi connectivity index (χ2n) is 7.09. The number of hydrogen-bond acceptors (Lipinski definition) is 7. The molecular weight excluding hydrogens is 442 g/mol. The highest BCUT2D eigenvalue weighted by molar-refractivity contribution is 7.99. The SMILES string of the molecule is C=CCn1c(=O)c2ccccc2n2c(SCC(=O)NCc3ccc(OC)c(OC)c3)nnc12. The van der Waals surface area contributed by atoms with Crippen molar-refractivity contribution in [2.75, 3.05) is 20.0 Å². The number of allylic oxidation sites excluding steroid dienone is 1. The van der Waals surface area contributed by atoms with E-state index in [0.717, 1.165) is 5.56 Å². The Hall–Kier alpha value is -3.79. The van der Waals surface area contributed by atoms with E-state index >= 15 is 0 Å². The normalized spacial score (nSPS) is 11.0. The van der Waals surface area contributed by atoms with Gasteiger partial charge in [0.15, 0.2) is 16.7 Å². The Bertz CT molecular complexity index is 1400. The van der Waals surface area contributed by atoms with Gasteiger partial charge in [0.25, 0.3) is 5.56 Å². The maximum atomic E-state index is 12.9. The van der Waals surface area contributed by atoms with Crippen molar-refractivity contribution >= 4 is 34.3 Å². The first kappa shape index (κ1) is 22.4. The Kier molecular flexibility index (Phi) is 6.64. The van der Waals surface area contributed by atoms with E-state index in [0.29, 0.717) is 46.4 Å². The molecule has 1 amide bonds. The lowest BCUT2D eigenvalue weighted by molar-refractivity contribution is -0.118. The zero-order valence-electron chi connectivity index (χ0n) is 18.3. The molecule has 0 radical (unpaired) electrons. The minimum absolute atomic E-state index is 0.142. The topological polar surface area (TPSA) is 99.8 Å². The van der Waals surface area contributed by atoms with Gasteiger partial charge in [-0.2, -0.15) is 0 Å². The van der Waals surface area contributed by atoms with E-state index in [9.17, 15) is 9.59 Å². The number of carbonyl (C=O) groups is 1. The molecule has 2 aromatic heterocycles. The van der Waals surface area contributed by atoms with E-state index in [-0.39, 0.29) is 17.2 Å². The molecule has 0 aliphatic carbocycles. The van der Waals surface area contributed by atoms with E-state index < -0.39 is 0 Å². The lowest BCUT2D eigenvalue weighted by atomic mass is 10.2. The molecule has 0 bridgehead atoms. The Morgan fingerprint density at radius 2 is 1.94 bits per heavy atom. The lowest BCUT2D eigenvalue weighted by Gasteiger charge is -2.11. The van der Waals surface area contributed by atoms with E-state index in [1.807, 2.05) is 30.3 Å². The maximum Gasteiger partial charge on any atom is 0.263 e. The van der Waals surface area contributed by atoms with Crippen molar-refractivity contribution in [3.05, 3.63) is 71.0 Å². The van der Waals surface area contributed by atoms with Gasteiger partial charge in [0.2, 0.25) is 11.7 Å². The summed E-state index contributed by atoms with van der Waals surface area (Å²) >= 11 is 1.25. The van der Waals surface area contributed by atoms with Gasteiger partial charge in [-0.15, -0.1) is 16.8 Å². The van der Waals surface area contributed by atoms with Crippen LogP contribution in [0.15, 0.2) is 65.1 Å². The number of nitrogens with one attached hydrogen (secondary N) is 1. The third-order valence-electron chi connectivity index (χ3n) is 5.06. The number of aromatic nitrogens is 4. The highest BCUT2D eigenvalue weighted by atomic mass is 32.2. The second kappa shape index (κ2) is 9.78. The molecule has 0 fully saturated rings. The molecule has 4 rings (SSSR count).